The van der Waals surface area contributed by atoms with Gasteiger partial charge in [0.05, 0.1) is 0 Å². The fourth-order valence-electron chi connectivity index (χ4n) is 2.83. The Labute approximate surface area is 143 Å². The summed E-state index contributed by atoms with van der Waals surface area (Å²) in [4.78, 5) is 0. The number of fused-ring (bicyclic) bond motifs is 1. The van der Waals surface area contributed by atoms with Crippen molar-refractivity contribution in [3.63, 3.8) is 0 Å². The molecular formula is C19H11F7. The summed E-state index contributed by atoms with van der Waals surface area (Å²) in [5.74, 6) is -16.4. The van der Waals surface area contributed by atoms with Crippen LogP contribution in [0.25, 0.3) is 10.8 Å². The second-order valence-electron chi connectivity index (χ2n) is 5.85. The molecule has 0 fully saturated rings. The molecule has 0 unspecified atom stereocenters. The first kappa shape index (κ1) is 18.2. The molecular weight excluding hydrogens is 361 g/mol. The Balaban J connectivity index is 2.28. The summed E-state index contributed by atoms with van der Waals surface area (Å²) >= 11 is 0. The smallest absolute Gasteiger partial charge is 0.206 e. The van der Waals surface area contributed by atoms with Gasteiger partial charge in [-0.25, -0.2) is 13.2 Å². The number of alkyl halides is 4. The Kier molecular flexibility index (Phi) is 4.21. The molecule has 7 heteroatoms. The zero-order valence-electron chi connectivity index (χ0n) is 13.3. The van der Waals surface area contributed by atoms with Gasteiger partial charge in [0.1, 0.15) is 11.4 Å². The van der Waals surface area contributed by atoms with Gasteiger partial charge in [0, 0.05) is 5.56 Å². The first-order valence-electron chi connectivity index (χ1n) is 7.47. The lowest BCUT2D eigenvalue weighted by Gasteiger charge is -2.29. The van der Waals surface area contributed by atoms with Gasteiger partial charge in [-0.3, -0.25) is 0 Å². The van der Waals surface area contributed by atoms with E-state index in [-0.39, 0.29) is 16.8 Å². The van der Waals surface area contributed by atoms with Crippen molar-refractivity contribution >= 4 is 10.8 Å². The third kappa shape index (κ3) is 2.53. The van der Waals surface area contributed by atoms with Crippen LogP contribution in [-0.4, -0.2) is 0 Å². The van der Waals surface area contributed by atoms with E-state index in [1.165, 1.54) is 30.3 Å². The van der Waals surface area contributed by atoms with Gasteiger partial charge in [-0.1, -0.05) is 42.5 Å². The van der Waals surface area contributed by atoms with Gasteiger partial charge in [-0.05, 0) is 29.3 Å². The second kappa shape index (κ2) is 6.00. The van der Waals surface area contributed by atoms with Crippen molar-refractivity contribution in [2.45, 2.75) is 18.8 Å². The maximum Gasteiger partial charge on any atom is 0.345 e. The predicted octanol–water partition coefficient (Wildman–Crippen LogP) is 6.45. The fourth-order valence-corrected chi connectivity index (χ4v) is 2.83. The van der Waals surface area contributed by atoms with E-state index >= 15 is 0 Å². The van der Waals surface area contributed by atoms with Gasteiger partial charge in [0.15, 0.2) is 11.6 Å². The molecule has 0 spiro atoms. The van der Waals surface area contributed by atoms with Gasteiger partial charge in [-0.15, -0.1) is 0 Å². The fraction of sp³-hybridized carbons (Fsp3) is 0.158. The molecule has 0 aliphatic heterocycles. The molecule has 0 nitrogen and oxygen atoms in total. The molecule has 0 aliphatic rings. The average Bonchev–Trinajstić information content (AvgIpc) is 2.58. The van der Waals surface area contributed by atoms with Gasteiger partial charge < -0.3 is 0 Å². The summed E-state index contributed by atoms with van der Waals surface area (Å²) in [6.45, 7) is 0.937. The summed E-state index contributed by atoms with van der Waals surface area (Å²) in [6, 6.07) is 9.09. The summed E-state index contributed by atoms with van der Waals surface area (Å²) in [5.41, 5.74) is -4.01. The van der Waals surface area contributed by atoms with Gasteiger partial charge >= 0.3 is 11.8 Å². The van der Waals surface area contributed by atoms with Crippen molar-refractivity contribution in [2.75, 3.05) is 0 Å². The van der Waals surface area contributed by atoms with Gasteiger partial charge in [0.2, 0.25) is 0 Å². The Morgan fingerprint density at radius 2 is 1.35 bits per heavy atom. The standard InChI is InChI=1S/C19H11F7/c1-10-9-14(20)15(17(22)16(10)21)19(25,26)18(23,24)13-8-4-6-11-5-2-3-7-12(11)13/h2-9H,1H3. The molecule has 3 rings (SSSR count). The summed E-state index contributed by atoms with van der Waals surface area (Å²) in [6.07, 6.45) is 0. The first-order valence-corrected chi connectivity index (χ1v) is 7.47. The molecule has 0 N–H and O–H groups in total. The Morgan fingerprint density at radius 1 is 0.731 bits per heavy atom. The molecule has 3 aromatic rings. The highest BCUT2D eigenvalue weighted by molar-refractivity contribution is 5.86. The molecule has 0 amide bonds. The van der Waals surface area contributed by atoms with Crippen LogP contribution in [0.3, 0.4) is 0 Å². The van der Waals surface area contributed by atoms with E-state index in [2.05, 4.69) is 0 Å². The van der Waals surface area contributed by atoms with E-state index in [0.29, 0.717) is 0 Å². The van der Waals surface area contributed by atoms with Crippen LogP contribution < -0.4 is 0 Å². The predicted molar refractivity (Wildman–Crippen MR) is 82.8 cm³/mol. The van der Waals surface area contributed by atoms with Crippen molar-refractivity contribution in [1.82, 2.24) is 0 Å². The molecule has 0 atom stereocenters. The van der Waals surface area contributed by atoms with Crippen LogP contribution in [0.4, 0.5) is 30.7 Å². The molecule has 0 bridgehead atoms. The van der Waals surface area contributed by atoms with Crippen LogP contribution in [-0.2, 0) is 11.8 Å². The highest BCUT2D eigenvalue weighted by Crippen LogP contribution is 2.52. The van der Waals surface area contributed by atoms with E-state index in [1.807, 2.05) is 0 Å². The summed E-state index contributed by atoms with van der Waals surface area (Å²) < 4.78 is 100. The van der Waals surface area contributed by atoms with Crippen LogP contribution in [0.2, 0.25) is 0 Å². The highest BCUT2D eigenvalue weighted by Gasteiger charge is 2.61. The molecule has 3 aromatic carbocycles. The minimum Gasteiger partial charge on any atom is -0.206 e. The topological polar surface area (TPSA) is 0 Å². The Bertz CT molecular complexity index is 987. The van der Waals surface area contributed by atoms with Crippen LogP contribution in [0.5, 0.6) is 0 Å². The van der Waals surface area contributed by atoms with Crippen molar-refractivity contribution in [2.24, 2.45) is 0 Å². The molecule has 26 heavy (non-hydrogen) atoms. The van der Waals surface area contributed by atoms with E-state index in [0.717, 1.165) is 19.1 Å². The van der Waals surface area contributed by atoms with Gasteiger partial charge in [0.25, 0.3) is 0 Å². The quantitative estimate of drug-likeness (QED) is 0.366. The molecule has 0 aromatic heterocycles. The highest BCUT2D eigenvalue weighted by atomic mass is 19.3. The number of aryl methyl sites for hydroxylation is 1. The molecule has 136 valence electrons. The second-order valence-corrected chi connectivity index (χ2v) is 5.85. The average molecular weight is 372 g/mol. The minimum absolute atomic E-state index is 0.201. The number of hydrogen-bond acceptors (Lipinski definition) is 0. The third-order valence-electron chi connectivity index (χ3n) is 4.18. The number of halogens is 7. The van der Waals surface area contributed by atoms with E-state index in [1.54, 1.807) is 0 Å². The Morgan fingerprint density at radius 3 is 2.04 bits per heavy atom. The van der Waals surface area contributed by atoms with Crippen molar-refractivity contribution in [1.29, 1.82) is 0 Å². The van der Waals surface area contributed by atoms with Crippen molar-refractivity contribution in [3.05, 3.63) is 82.7 Å². The zero-order chi connectivity index (χ0) is 19.3. The molecule has 0 aliphatic carbocycles. The maximum absolute atomic E-state index is 14.7. The van der Waals surface area contributed by atoms with Crippen LogP contribution >= 0.6 is 0 Å². The number of rotatable bonds is 3. The number of hydrogen-bond donors (Lipinski definition) is 0. The molecule has 0 radical (unpaired) electrons. The lowest BCUT2D eigenvalue weighted by molar-refractivity contribution is -0.226. The van der Waals surface area contributed by atoms with E-state index < -0.39 is 46.0 Å². The largest absolute Gasteiger partial charge is 0.345 e. The summed E-state index contributed by atoms with van der Waals surface area (Å²) in [7, 11) is 0. The maximum atomic E-state index is 14.7. The molecule has 0 saturated heterocycles. The van der Waals surface area contributed by atoms with E-state index in [4.69, 9.17) is 0 Å². The zero-order valence-corrected chi connectivity index (χ0v) is 13.3. The van der Waals surface area contributed by atoms with Crippen LogP contribution in [0.1, 0.15) is 16.7 Å². The Hall–Kier alpha value is -2.57. The van der Waals surface area contributed by atoms with E-state index in [9.17, 15) is 30.7 Å². The SMILES string of the molecule is Cc1cc(F)c(C(F)(F)C(F)(F)c2cccc3ccccc23)c(F)c1F. The summed E-state index contributed by atoms with van der Waals surface area (Å²) in [5, 5.41) is 0.0459. The van der Waals surface area contributed by atoms with Crippen LogP contribution in [0, 0.1) is 24.4 Å². The van der Waals surface area contributed by atoms with Crippen molar-refractivity contribution < 1.29 is 30.7 Å². The van der Waals surface area contributed by atoms with Crippen molar-refractivity contribution in [3.8, 4) is 0 Å². The number of benzene rings is 3. The van der Waals surface area contributed by atoms with Crippen LogP contribution in [0.15, 0.2) is 48.5 Å². The minimum atomic E-state index is -5.32. The van der Waals surface area contributed by atoms with Gasteiger partial charge in [-0.2, -0.15) is 17.6 Å². The first-order chi connectivity index (χ1) is 12.1. The normalized spacial score (nSPS) is 12.6. The molecule has 0 saturated carbocycles. The third-order valence-corrected chi connectivity index (χ3v) is 4.18. The monoisotopic (exact) mass is 372 g/mol. The lowest BCUT2D eigenvalue weighted by atomic mass is 9.91. The molecule has 0 heterocycles. The lowest BCUT2D eigenvalue weighted by Crippen LogP contribution is -2.37.